The standard InChI is InChI=1S/C13H9F4N3O3/c14-9-6-7(11(22)18-4-1-5-21)2-3-8(9)10-19-12(23-20-10)13(15,16)17/h2-3,5-6H,1,4H2,(H,18,22). The van der Waals surface area contributed by atoms with Gasteiger partial charge >= 0.3 is 12.1 Å². The van der Waals surface area contributed by atoms with E-state index in [1.165, 1.54) is 6.07 Å². The molecule has 0 aliphatic rings. The molecule has 2 rings (SSSR count). The van der Waals surface area contributed by atoms with E-state index in [0.29, 0.717) is 6.29 Å². The molecule has 1 N–H and O–H groups in total. The van der Waals surface area contributed by atoms with Crippen molar-refractivity contribution in [1.82, 2.24) is 15.5 Å². The van der Waals surface area contributed by atoms with Crippen LogP contribution in [0.15, 0.2) is 22.7 Å². The van der Waals surface area contributed by atoms with E-state index in [1.54, 1.807) is 0 Å². The minimum absolute atomic E-state index is 0.0586. The average Bonchev–Trinajstić information content (AvgIpc) is 2.97. The predicted octanol–water partition coefficient (Wildman–Crippen LogP) is 2.21. The molecular formula is C13H9F4N3O3. The molecule has 0 radical (unpaired) electrons. The van der Waals surface area contributed by atoms with E-state index in [-0.39, 0.29) is 24.1 Å². The highest BCUT2D eigenvalue weighted by Crippen LogP contribution is 2.30. The maximum atomic E-state index is 14.0. The van der Waals surface area contributed by atoms with E-state index < -0.39 is 29.6 Å². The third-order valence-electron chi connectivity index (χ3n) is 2.69. The van der Waals surface area contributed by atoms with Gasteiger partial charge in [-0.05, 0) is 18.2 Å². The van der Waals surface area contributed by atoms with Gasteiger partial charge in [0.05, 0.1) is 5.56 Å². The fourth-order valence-electron chi connectivity index (χ4n) is 1.63. The zero-order valence-electron chi connectivity index (χ0n) is 11.4. The van der Waals surface area contributed by atoms with Crippen LogP contribution >= 0.6 is 0 Å². The number of nitrogens with zero attached hydrogens (tertiary/aromatic N) is 2. The number of hydrogen-bond donors (Lipinski definition) is 1. The Balaban J connectivity index is 2.21. The molecule has 1 amide bonds. The molecule has 0 fully saturated rings. The summed E-state index contributed by atoms with van der Waals surface area (Å²) in [6, 6.07) is 3.09. The number of alkyl halides is 3. The number of aromatic nitrogens is 2. The van der Waals surface area contributed by atoms with Gasteiger partial charge < -0.3 is 14.6 Å². The first kappa shape index (κ1) is 16.6. The Hall–Kier alpha value is -2.78. The van der Waals surface area contributed by atoms with E-state index in [1.807, 2.05) is 0 Å². The molecule has 122 valence electrons. The second kappa shape index (κ2) is 6.55. The van der Waals surface area contributed by atoms with Crippen LogP contribution < -0.4 is 5.32 Å². The van der Waals surface area contributed by atoms with E-state index in [0.717, 1.165) is 12.1 Å². The van der Waals surface area contributed by atoms with E-state index >= 15 is 0 Å². The van der Waals surface area contributed by atoms with Crippen LogP contribution in [0.3, 0.4) is 0 Å². The van der Waals surface area contributed by atoms with Crippen molar-refractivity contribution in [2.45, 2.75) is 12.6 Å². The Kier molecular flexibility index (Phi) is 4.72. The van der Waals surface area contributed by atoms with Crippen LogP contribution in [0, 0.1) is 5.82 Å². The van der Waals surface area contributed by atoms with Crippen molar-refractivity contribution < 1.29 is 31.7 Å². The first-order valence-corrected chi connectivity index (χ1v) is 6.25. The minimum Gasteiger partial charge on any atom is -0.352 e. The lowest BCUT2D eigenvalue weighted by Crippen LogP contribution is -2.24. The summed E-state index contributed by atoms with van der Waals surface area (Å²) in [6.07, 6.45) is -4.12. The van der Waals surface area contributed by atoms with Crippen molar-refractivity contribution in [2.24, 2.45) is 0 Å². The van der Waals surface area contributed by atoms with Gasteiger partial charge in [0.2, 0.25) is 5.82 Å². The van der Waals surface area contributed by atoms with Crippen molar-refractivity contribution in [3.05, 3.63) is 35.5 Å². The summed E-state index contributed by atoms with van der Waals surface area (Å²) in [4.78, 5) is 24.9. The van der Waals surface area contributed by atoms with Crippen molar-refractivity contribution in [3.8, 4) is 11.4 Å². The lowest BCUT2D eigenvalue weighted by atomic mass is 10.1. The summed E-state index contributed by atoms with van der Waals surface area (Å²) in [5.74, 6) is -3.78. The quantitative estimate of drug-likeness (QED) is 0.516. The fraction of sp³-hybridized carbons (Fsp3) is 0.231. The number of carbonyl (C=O) groups excluding carboxylic acids is 2. The third-order valence-corrected chi connectivity index (χ3v) is 2.69. The molecule has 6 nitrogen and oxygen atoms in total. The van der Waals surface area contributed by atoms with Crippen LogP contribution in [-0.4, -0.2) is 28.9 Å². The summed E-state index contributed by atoms with van der Waals surface area (Å²) >= 11 is 0. The molecule has 0 atom stereocenters. The Labute approximate surface area is 126 Å². The summed E-state index contributed by atoms with van der Waals surface area (Å²) in [5, 5.41) is 5.44. The largest absolute Gasteiger partial charge is 0.471 e. The van der Waals surface area contributed by atoms with E-state index in [4.69, 9.17) is 0 Å². The molecule has 10 heteroatoms. The number of carbonyl (C=O) groups is 2. The SMILES string of the molecule is O=CCCNC(=O)c1ccc(-c2noc(C(F)(F)F)n2)c(F)c1. The topological polar surface area (TPSA) is 85.1 Å². The summed E-state index contributed by atoms with van der Waals surface area (Å²) in [7, 11) is 0. The molecule has 1 aromatic carbocycles. The highest BCUT2D eigenvalue weighted by molar-refractivity contribution is 5.94. The molecule has 23 heavy (non-hydrogen) atoms. The Morgan fingerprint density at radius 1 is 1.35 bits per heavy atom. The summed E-state index contributed by atoms with van der Waals surface area (Å²) < 4.78 is 55.1. The van der Waals surface area contributed by atoms with Gasteiger partial charge in [0.15, 0.2) is 0 Å². The normalized spacial score (nSPS) is 11.3. The van der Waals surface area contributed by atoms with Crippen LogP contribution in [-0.2, 0) is 11.0 Å². The molecule has 0 saturated heterocycles. The Bertz CT molecular complexity index is 727. The van der Waals surface area contributed by atoms with Gasteiger partial charge in [-0.25, -0.2) is 4.39 Å². The first-order valence-electron chi connectivity index (χ1n) is 6.25. The molecule has 1 heterocycles. The highest BCUT2D eigenvalue weighted by atomic mass is 19.4. The lowest BCUT2D eigenvalue weighted by Gasteiger charge is -2.04. The van der Waals surface area contributed by atoms with Crippen LogP contribution in [0.25, 0.3) is 11.4 Å². The molecule has 0 aliphatic heterocycles. The van der Waals surface area contributed by atoms with Crippen molar-refractivity contribution in [2.75, 3.05) is 6.54 Å². The zero-order chi connectivity index (χ0) is 17.0. The second-order valence-corrected chi connectivity index (χ2v) is 4.33. The van der Waals surface area contributed by atoms with Gasteiger partial charge in [-0.2, -0.15) is 18.2 Å². The van der Waals surface area contributed by atoms with Gasteiger partial charge in [0.25, 0.3) is 5.91 Å². The molecular weight excluding hydrogens is 322 g/mol. The third kappa shape index (κ3) is 3.90. The van der Waals surface area contributed by atoms with Gasteiger partial charge in [-0.15, -0.1) is 0 Å². The van der Waals surface area contributed by atoms with E-state index in [2.05, 4.69) is 20.0 Å². The smallest absolute Gasteiger partial charge is 0.352 e. The molecule has 0 bridgehead atoms. The van der Waals surface area contributed by atoms with Gasteiger partial charge in [0.1, 0.15) is 12.1 Å². The number of nitrogens with one attached hydrogen (secondary N) is 1. The number of hydrogen-bond acceptors (Lipinski definition) is 5. The van der Waals surface area contributed by atoms with Crippen LogP contribution in [0.4, 0.5) is 17.6 Å². The number of rotatable bonds is 5. The highest BCUT2D eigenvalue weighted by Gasteiger charge is 2.38. The Morgan fingerprint density at radius 3 is 2.65 bits per heavy atom. The lowest BCUT2D eigenvalue weighted by molar-refractivity contribution is -0.159. The molecule has 2 aromatic rings. The number of halogens is 4. The predicted molar refractivity (Wildman–Crippen MR) is 67.7 cm³/mol. The summed E-state index contributed by atoms with van der Waals surface area (Å²) in [6.45, 7) is 0.0888. The number of benzene rings is 1. The van der Waals surface area contributed by atoms with E-state index in [9.17, 15) is 27.2 Å². The molecule has 0 aliphatic carbocycles. The Morgan fingerprint density at radius 2 is 2.09 bits per heavy atom. The fourth-order valence-corrected chi connectivity index (χ4v) is 1.63. The maximum Gasteiger partial charge on any atom is 0.471 e. The van der Waals surface area contributed by atoms with Crippen LogP contribution in [0.5, 0.6) is 0 Å². The van der Waals surface area contributed by atoms with Crippen LogP contribution in [0.1, 0.15) is 22.7 Å². The molecule has 1 aromatic heterocycles. The average molecular weight is 331 g/mol. The second-order valence-electron chi connectivity index (χ2n) is 4.33. The van der Waals surface area contributed by atoms with Gasteiger partial charge in [-0.3, -0.25) is 4.79 Å². The van der Waals surface area contributed by atoms with Gasteiger partial charge in [-0.1, -0.05) is 5.16 Å². The van der Waals surface area contributed by atoms with Crippen molar-refractivity contribution >= 4 is 12.2 Å². The van der Waals surface area contributed by atoms with Crippen LogP contribution in [0.2, 0.25) is 0 Å². The summed E-state index contributed by atoms with van der Waals surface area (Å²) in [5.41, 5.74) is -0.398. The monoisotopic (exact) mass is 331 g/mol. The number of aldehydes is 1. The number of amides is 1. The van der Waals surface area contributed by atoms with Crippen molar-refractivity contribution in [3.63, 3.8) is 0 Å². The molecule has 0 unspecified atom stereocenters. The minimum atomic E-state index is -4.83. The van der Waals surface area contributed by atoms with Crippen molar-refractivity contribution in [1.29, 1.82) is 0 Å². The first-order chi connectivity index (χ1) is 10.8. The molecule has 0 saturated carbocycles. The molecule has 0 spiro atoms. The van der Waals surface area contributed by atoms with Gasteiger partial charge in [0, 0.05) is 18.5 Å². The zero-order valence-corrected chi connectivity index (χ0v) is 11.4. The maximum absolute atomic E-state index is 14.0.